The summed E-state index contributed by atoms with van der Waals surface area (Å²) in [6.07, 6.45) is 1.21. The Morgan fingerprint density at radius 2 is 2.27 bits per heavy atom. The molecule has 1 heterocycles. The van der Waals surface area contributed by atoms with Gasteiger partial charge in [0.1, 0.15) is 12.1 Å². The van der Waals surface area contributed by atoms with E-state index in [1.807, 2.05) is 6.92 Å². The number of carbonyl (C=O) groups excluding carboxylic acids is 2. The van der Waals surface area contributed by atoms with Crippen LogP contribution in [-0.4, -0.2) is 28.6 Å². The smallest absolute Gasteiger partial charge is 0.313 e. The average molecular weight is 231 g/mol. The molecule has 0 aliphatic carbocycles. The second-order valence-electron chi connectivity index (χ2n) is 2.86. The summed E-state index contributed by atoms with van der Waals surface area (Å²) < 4.78 is 5.91. The third kappa shape index (κ3) is 2.79. The van der Waals surface area contributed by atoms with E-state index in [1.165, 1.54) is 11.8 Å². The Bertz CT molecular complexity index is 387. The minimum atomic E-state index is -0.595. The zero-order valence-electron chi connectivity index (χ0n) is 8.49. The normalized spacial score (nSPS) is 10.1. The Labute approximate surface area is 92.0 Å². The van der Waals surface area contributed by atoms with Crippen LogP contribution < -0.4 is 0 Å². The maximum absolute atomic E-state index is 11.5. The largest absolute Gasteiger partial charge is 0.469 e. The summed E-state index contributed by atoms with van der Waals surface area (Å²) in [5.74, 6) is -1.03. The van der Waals surface area contributed by atoms with Crippen LogP contribution in [0.5, 0.6) is 0 Å². The van der Waals surface area contributed by atoms with E-state index >= 15 is 0 Å². The number of aromatic nitrogens is 2. The van der Waals surface area contributed by atoms with Crippen molar-refractivity contribution in [3.8, 4) is 0 Å². The molecule has 0 saturated carbocycles. The van der Waals surface area contributed by atoms with Crippen LogP contribution in [0.4, 0.5) is 0 Å². The van der Waals surface area contributed by atoms with Crippen LogP contribution >= 0.6 is 11.6 Å². The summed E-state index contributed by atoms with van der Waals surface area (Å²) in [4.78, 5) is 22.4. The Kier molecular flexibility index (Phi) is 3.85. The highest BCUT2D eigenvalue weighted by molar-refractivity contribution is 6.33. The monoisotopic (exact) mass is 230 g/mol. The number of rotatable bonds is 4. The molecule has 0 radical (unpaired) electrons. The first-order chi connectivity index (χ1) is 7.08. The number of halogens is 1. The number of ketones is 1. The molecular formula is C9H11ClN2O3. The second-order valence-corrected chi connectivity index (χ2v) is 3.26. The Morgan fingerprint density at radius 3 is 2.73 bits per heavy atom. The molecule has 0 aliphatic heterocycles. The number of carbonyl (C=O) groups is 2. The molecule has 0 fully saturated rings. The molecule has 1 rings (SSSR count). The van der Waals surface area contributed by atoms with Crippen LogP contribution in [0.1, 0.15) is 23.8 Å². The Hall–Kier alpha value is -1.36. The molecule has 5 nitrogen and oxygen atoms in total. The standard InChI is InChI=1S/C9H11ClN2O3/c1-3-12-5-6(10)9(11-12)7(13)4-8(14)15-2/h5H,3-4H2,1-2H3. The second kappa shape index (κ2) is 4.93. The first-order valence-corrected chi connectivity index (χ1v) is 4.79. The summed E-state index contributed by atoms with van der Waals surface area (Å²) in [6.45, 7) is 2.49. The molecule has 0 unspecified atom stereocenters. The van der Waals surface area contributed by atoms with Gasteiger partial charge in [0.15, 0.2) is 5.78 Å². The molecule has 0 bridgehead atoms. The SMILES string of the molecule is CCn1cc(Cl)c(C(=O)CC(=O)OC)n1. The van der Waals surface area contributed by atoms with Gasteiger partial charge in [0, 0.05) is 12.7 Å². The summed E-state index contributed by atoms with van der Waals surface area (Å²) in [5.41, 5.74) is 0.115. The van der Waals surface area contributed by atoms with Crippen molar-refractivity contribution in [1.29, 1.82) is 0 Å². The molecule has 0 amide bonds. The summed E-state index contributed by atoms with van der Waals surface area (Å²) in [7, 11) is 1.22. The van der Waals surface area contributed by atoms with Crippen molar-refractivity contribution >= 4 is 23.4 Å². The lowest BCUT2D eigenvalue weighted by molar-refractivity contribution is -0.139. The van der Waals surface area contributed by atoms with Crippen molar-refractivity contribution in [2.24, 2.45) is 0 Å². The van der Waals surface area contributed by atoms with Crippen LogP contribution in [0.15, 0.2) is 6.20 Å². The highest BCUT2D eigenvalue weighted by Gasteiger charge is 2.18. The fraction of sp³-hybridized carbons (Fsp3) is 0.444. The van der Waals surface area contributed by atoms with E-state index in [4.69, 9.17) is 11.6 Å². The van der Waals surface area contributed by atoms with Gasteiger partial charge in [0.2, 0.25) is 0 Å². The zero-order chi connectivity index (χ0) is 11.4. The van der Waals surface area contributed by atoms with Crippen molar-refractivity contribution < 1.29 is 14.3 Å². The number of methoxy groups -OCH3 is 1. The van der Waals surface area contributed by atoms with Crippen molar-refractivity contribution in [2.75, 3.05) is 7.11 Å². The number of Topliss-reactive ketones (excluding diaryl/α,β-unsaturated/α-hetero) is 1. The van der Waals surface area contributed by atoms with Gasteiger partial charge in [-0.05, 0) is 6.92 Å². The molecule has 0 aromatic carbocycles. The third-order valence-electron chi connectivity index (χ3n) is 1.84. The lowest BCUT2D eigenvalue weighted by atomic mass is 10.2. The van der Waals surface area contributed by atoms with Gasteiger partial charge >= 0.3 is 5.97 Å². The van der Waals surface area contributed by atoms with Crippen molar-refractivity contribution in [3.63, 3.8) is 0 Å². The number of hydrogen-bond acceptors (Lipinski definition) is 4. The number of aryl methyl sites for hydroxylation is 1. The molecule has 15 heavy (non-hydrogen) atoms. The van der Waals surface area contributed by atoms with E-state index < -0.39 is 11.8 Å². The van der Waals surface area contributed by atoms with Crippen LogP contribution in [-0.2, 0) is 16.1 Å². The van der Waals surface area contributed by atoms with Gasteiger partial charge in [-0.15, -0.1) is 0 Å². The van der Waals surface area contributed by atoms with Crippen molar-refractivity contribution in [1.82, 2.24) is 9.78 Å². The predicted octanol–water partition coefficient (Wildman–Crippen LogP) is 1.30. The van der Waals surface area contributed by atoms with Gasteiger partial charge in [-0.25, -0.2) is 0 Å². The third-order valence-corrected chi connectivity index (χ3v) is 2.11. The maximum Gasteiger partial charge on any atom is 0.313 e. The molecule has 82 valence electrons. The highest BCUT2D eigenvalue weighted by Crippen LogP contribution is 2.15. The molecule has 0 atom stereocenters. The number of ether oxygens (including phenoxy) is 1. The Balaban J connectivity index is 2.81. The van der Waals surface area contributed by atoms with Gasteiger partial charge in [-0.3, -0.25) is 14.3 Å². The number of hydrogen-bond donors (Lipinski definition) is 0. The molecule has 0 saturated heterocycles. The average Bonchev–Trinajstić information content (AvgIpc) is 2.59. The van der Waals surface area contributed by atoms with Gasteiger partial charge in [-0.1, -0.05) is 11.6 Å². The highest BCUT2D eigenvalue weighted by atomic mass is 35.5. The molecule has 0 N–H and O–H groups in total. The molecule has 1 aromatic rings. The number of esters is 1. The first kappa shape index (κ1) is 11.7. The summed E-state index contributed by atoms with van der Waals surface area (Å²) in [6, 6.07) is 0. The lowest BCUT2D eigenvalue weighted by Gasteiger charge is -1.96. The van der Waals surface area contributed by atoms with Crippen LogP contribution in [0.25, 0.3) is 0 Å². The lowest BCUT2D eigenvalue weighted by Crippen LogP contribution is -2.11. The van der Waals surface area contributed by atoms with E-state index in [1.54, 1.807) is 6.20 Å². The van der Waals surface area contributed by atoms with Crippen molar-refractivity contribution in [2.45, 2.75) is 19.9 Å². The quantitative estimate of drug-likeness (QED) is 0.444. The molecule has 6 heteroatoms. The predicted molar refractivity (Wildman–Crippen MR) is 53.9 cm³/mol. The van der Waals surface area contributed by atoms with E-state index in [0.29, 0.717) is 6.54 Å². The van der Waals surface area contributed by atoms with Gasteiger partial charge < -0.3 is 4.74 Å². The van der Waals surface area contributed by atoms with Gasteiger partial charge in [0.25, 0.3) is 0 Å². The van der Waals surface area contributed by atoms with E-state index in [-0.39, 0.29) is 17.1 Å². The van der Waals surface area contributed by atoms with Gasteiger partial charge in [0.05, 0.1) is 12.1 Å². The zero-order valence-corrected chi connectivity index (χ0v) is 9.24. The van der Waals surface area contributed by atoms with Crippen LogP contribution in [0, 0.1) is 0 Å². The first-order valence-electron chi connectivity index (χ1n) is 4.41. The maximum atomic E-state index is 11.5. The molecular weight excluding hydrogens is 220 g/mol. The van der Waals surface area contributed by atoms with E-state index in [9.17, 15) is 9.59 Å². The topological polar surface area (TPSA) is 61.2 Å². The fourth-order valence-electron chi connectivity index (χ4n) is 1.03. The fourth-order valence-corrected chi connectivity index (χ4v) is 1.29. The van der Waals surface area contributed by atoms with Gasteiger partial charge in [-0.2, -0.15) is 5.10 Å². The van der Waals surface area contributed by atoms with E-state index in [2.05, 4.69) is 9.84 Å². The summed E-state index contributed by atoms with van der Waals surface area (Å²) >= 11 is 5.79. The molecule has 1 aromatic heterocycles. The minimum Gasteiger partial charge on any atom is -0.469 e. The minimum absolute atomic E-state index is 0.115. The van der Waals surface area contributed by atoms with Crippen LogP contribution in [0.3, 0.4) is 0 Å². The Morgan fingerprint density at radius 1 is 1.60 bits per heavy atom. The van der Waals surface area contributed by atoms with Crippen LogP contribution in [0.2, 0.25) is 5.02 Å². The number of nitrogens with zero attached hydrogens (tertiary/aromatic N) is 2. The van der Waals surface area contributed by atoms with E-state index in [0.717, 1.165) is 0 Å². The van der Waals surface area contributed by atoms with Crippen molar-refractivity contribution in [3.05, 3.63) is 16.9 Å². The summed E-state index contributed by atoms with van der Waals surface area (Å²) in [5, 5.41) is 4.20. The molecule has 0 aliphatic rings. The molecule has 0 spiro atoms.